The summed E-state index contributed by atoms with van der Waals surface area (Å²) in [6.45, 7) is 3.89. The molecule has 0 aliphatic carbocycles. The Balaban J connectivity index is 2.50. The minimum Gasteiger partial charge on any atom is -0.504 e. The van der Waals surface area contributed by atoms with E-state index in [0.717, 1.165) is 16.7 Å². The van der Waals surface area contributed by atoms with Crippen molar-refractivity contribution in [3.63, 3.8) is 0 Å². The molecule has 3 heteroatoms. The molecule has 0 spiro atoms. The lowest BCUT2D eigenvalue weighted by Gasteiger charge is -2.10. The zero-order valence-corrected chi connectivity index (χ0v) is 12.5. The van der Waals surface area contributed by atoms with Crippen molar-refractivity contribution in [3.8, 4) is 17.6 Å². The van der Waals surface area contributed by atoms with Gasteiger partial charge in [0.1, 0.15) is 0 Å². The van der Waals surface area contributed by atoms with Crippen LogP contribution in [0.25, 0.3) is 11.6 Å². The molecule has 0 heterocycles. The van der Waals surface area contributed by atoms with E-state index in [2.05, 4.69) is 6.07 Å². The minimum absolute atomic E-state index is 0.180. The zero-order valence-electron chi connectivity index (χ0n) is 12.5. The Bertz CT molecular complexity index is 795. The Morgan fingerprint density at radius 1 is 1.09 bits per heavy atom. The van der Waals surface area contributed by atoms with Gasteiger partial charge in [-0.1, -0.05) is 36.4 Å². The highest BCUT2D eigenvalue weighted by Gasteiger charge is 2.10. The molecule has 0 aliphatic heterocycles. The molecule has 0 aliphatic rings. The van der Waals surface area contributed by atoms with E-state index in [9.17, 15) is 15.5 Å². The molecule has 2 rings (SSSR count). The Morgan fingerprint density at radius 2 is 1.82 bits per heavy atom. The number of hydrogen-bond donors (Lipinski definition) is 2. The van der Waals surface area contributed by atoms with Crippen LogP contribution in [-0.2, 0) is 0 Å². The third-order valence-electron chi connectivity index (χ3n) is 3.45. The molecule has 0 radical (unpaired) electrons. The highest BCUT2D eigenvalue weighted by molar-refractivity contribution is 5.89. The van der Waals surface area contributed by atoms with E-state index in [1.807, 2.05) is 44.2 Å². The van der Waals surface area contributed by atoms with Gasteiger partial charge in [-0.3, -0.25) is 0 Å². The predicted molar refractivity (Wildman–Crippen MR) is 88.2 cm³/mol. The van der Waals surface area contributed by atoms with E-state index >= 15 is 0 Å². The largest absolute Gasteiger partial charge is 0.504 e. The fourth-order valence-corrected chi connectivity index (χ4v) is 2.30. The van der Waals surface area contributed by atoms with E-state index < -0.39 is 0 Å². The maximum atomic E-state index is 9.57. The summed E-state index contributed by atoms with van der Waals surface area (Å²) in [7, 11) is 0. The zero-order chi connectivity index (χ0) is 16.1. The molecule has 0 unspecified atom stereocenters. The van der Waals surface area contributed by atoms with Crippen LogP contribution in [0, 0.1) is 18.3 Å². The number of aryl methyl sites for hydroxylation is 1. The second-order valence-electron chi connectivity index (χ2n) is 4.94. The third kappa shape index (κ3) is 3.18. The lowest BCUT2D eigenvalue weighted by Crippen LogP contribution is -1.91. The Hall–Kier alpha value is -2.99. The highest BCUT2D eigenvalue weighted by atomic mass is 16.3. The monoisotopic (exact) mass is 291 g/mol. The molecule has 0 saturated carbocycles. The summed E-state index contributed by atoms with van der Waals surface area (Å²) in [5.41, 5.74) is 4.08. The van der Waals surface area contributed by atoms with Crippen LogP contribution >= 0.6 is 0 Å². The maximum absolute atomic E-state index is 9.57. The molecular formula is C19H17NO2. The smallest absolute Gasteiger partial charge is 0.157 e. The van der Waals surface area contributed by atoms with Crippen molar-refractivity contribution in [3.05, 3.63) is 70.8 Å². The summed E-state index contributed by atoms with van der Waals surface area (Å²) < 4.78 is 0. The fourth-order valence-electron chi connectivity index (χ4n) is 2.30. The molecule has 0 aromatic heterocycles. The van der Waals surface area contributed by atoms with E-state index in [4.69, 9.17) is 0 Å². The number of rotatable bonds is 3. The molecule has 0 amide bonds. The second kappa shape index (κ2) is 6.64. The summed E-state index contributed by atoms with van der Waals surface area (Å²) >= 11 is 0. The number of nitrogens with zero attached hydrogens (tertiary/aromatic N) is 1. The molecule has 0 fully saturated rings. The standard InChI is InChI=1S/C19H17NO2/c1-3-16(17-7-5-4-6-13(17)2)15(12-20)10-14-8-9-18(21)19(22)11-14/h3-11,21-22H,1-2H3/b15-10+,16-3-. The van der Waals surface area contributed by atoms with Crippen molar-refractivity contribution < 1.29 is 10.2 Å². The normalized spacial score (nSPS) is 12.0. The highest BCUT2D eigenvalue weighted by Crippen LogP contribution is 2.30. The fraction of sp³-hybridized carbons (Fsp3) is 0.105. The van der Waals surface area contributed by atoms with Gasteiger partial charge in [-0.05, 0) is 54.3 Å². The van der Waals surface area contributed by atoms with Crippen molar-refractivity contribution in [2.24, 2.45) is 0 Å². The van der Waals surface area contributed by atoms with Crippen molar-refractivity contribution in [1.82, 2.24) is 0 Å². The molecule has 2 aromatic carbocycles. The van der Waals surface area contributed by atoms with Crippen molar-refractivity contribution in [2.45, 2.75) is 13.8 Å². The number of benzene rings is 2. The van der Waals surface area contributed by atoms with E-state index in [1.165, 1.54) is 12.1 Å². The summed E-state index contributed by atoms with van der Waals surface area (Å²) in [5.74, 6) is -0.384. The van der Waals surface area contributed by atoms with Crippen LogP contribution in [0.15, 0.2) is 54.1 Å². The van der Waals surface area contributed by atoms with Crippen LogP contribution in [0.1, 0.15) is 23.6 Å². The topological polar surface area (TPSA) is 64.2 Å². The van der Waals surface area contributed by atoms with Crippen LogP contribution in [0.5, 0.6) is 11.5 Å². The van der Waals surface area contributed by atoms with Gasteiger partial charge in [0.25, 0.3) is 0 Å². The molecule has 0 saturated heterocycles. The van der Waals surface area contributed by atoms with Crippen LogP contribution in [0.4, 0.5) is 0 Å². The van der Waals surface area contributed by atoms with Gasteiger partial charge in [-0.2, -0.15) is 5.26 Å². The molecule has 0 bridgehead atoms. The van der Waals surface area contributed by atoms with Crippen molar-refractivity contribution in [2.75, 3.05) is 0 Å². The number of hydrogen-bond acceptors (Lipinski definition) is 3. The predicted octanol–water partition coefficient (Wildman–Crippen LogP) is 4.42. The third-order valence-corrected chi connectivity index (χ3v) is 3.45. The first-order chi connectivity index (χ1) is 10.6. The van der Waals surface area contributed by atoms with Gasteiger partial charge >= 0.3 is 0 Å². The molecule has 22 heavy (non-hydrogen) atoms. The number of aromatic hydroxyl groups is 2. The van der Waals surface area contributed by atoms with Gasteiger partial charge in [-0.15, -0.1) is 0 Å². The lowest BCUT2D eigenvalue weighted by molar-refractivity contribution is 0.403. The Labute approximate surface area is 130 Å². The van der Waals surface area contributed by atoms with Gasteiger partial charge in [-0.25, -0.2) is 0 Å². The second-order valence-corrected chi connectivity index (χ2v) is 4.94. The minimum atomic E-state index is -0.205. The Morgan fingerprint density at radius 3 is 2.41 bits per heavy atom. The first kappa shape index (κ1) is 15.4. The van der Waals surface area contributed by atoms with E-state index in [1.54, 1.807) is 12.1 Å². The SMILES string of the molecule is C/C=C(/C(C#N)=C/c1ccc(O)c(O)c1)c1ccccc1C. The molecule has 110 valence electrons. The number of phenols is 2. The molecule has 3 nitrogen and oxygen atoms in total. The van der Waals surface area contributed by atoms with E-state index in [-0.39, 0.29) is 11.5 Å². The van der Waals surface area contributed by atoms with Gasteiger partial charge < -0.3 is 10.2 Å². The van der Waals surface area contributed by atoms with Crippen LogP contribution in [-0.4, -0.2) is 10.2 Å². The Kier molecular flexibility index (Phi) is 4.65. The van der Waals surface area contributed by atoms with Gasteiger partial charge in [0.15, 0.2) is 11.5 Å². The average Bonchev–Trinajstić information content (AvgIpc) is 2.52. The average molecular weight is 291 g/mol. The van der Waals surface area contributed by atoms with Crippen LogP contribution < -0.4 is 0 Å². The quantitative estimate of drug-likeness (QED) is 0.500. The number of phenolic OH excluding ortho intramolecular Hbond substituents is 2. The van der Waals surface area contributed by atoms with Crippen LogP contribution in [0.2, 0.25) is 0 Å². The lowest BCUT2D eigenvalue weighted by atomic mass is 9.93. The molecular weight excluding hydrogens is 274 g/mol. The number of nitriles is 1. The van der Waals surface area contributed by atoms with Gasteiger partial charge in [0.2, 0.25) is 0 Å². The first-order valence-electron chi connectivity index (χ1n) is 6.93. The summed E-state index contributed by atoms with van der Waals surface area (Å²) in [6.07, 6.45) is 3.60. The molecule has 2 N–H and O–H groups in total. The van der Waals surface area contributed by atoms with Gasteiger partial charge in [0.05, 0.1) is 11.6 Å². The molecule has 0 atom stereocenters. The van der Waals surface area contributed by atoms with Crippen molar-refractivity contribution >= 4 is 11.6 Å². The van der Waals surface area contributed by atoms with Crippen LogP contribution in [0.3, 0.4) is 0 Å². The maximum Gasteiger partial charge on any atom is 0.157 e. The first-order valence-corrected chi connectivity index (χ1v) is 6.93. The summed E-state index contributed by atoms with van der Waals surface area (Å²) in [6, 6.07) is 14.6. The molecule has 2 aromatic rings. The van der Waals surface area contributed by atoms with Gasteiger partial charge in [0, 0.05) is 0 Å². The summed E-state index contributed by atoms with van der Waals surface area (Å²) in [4.78, 5) is 0. The van der Waals surface area contributed by atoms with E-state index in [0.29, 0.717) is 11.1 Å². The number of allylic oxidation sites excluding steroid dienone is 3. The summed E-state index contributed by atoms with van der Waals surface area (Å²) in [5, 5.41) is 28.4. The van der Waals surface area contributed by atoms with Crippen molar-refractivity contribution in [1.29, 1.82) is 5.26 Å².